The van der Waals surface area contributed by atoms with Crippen molar-refractivity contribution in [2.45, 2.75) is 46.1 Å². The molecule has 0 atom stereocenters. The Morgan fingerprint density at radius 2 is 2.08 bits per heavy atom. The minimum Gasteiger partial charge on any atom is -0.493 e. The van der Waals surface area contributed by atoms with Gasteiger partial charge in [-0.1, -0.05) is 19.9 Å². The van der Waals surface area contributed by atoms with Gasteiger partial charge in [-0.3, -0.25) is 4.79 Å². The number of hydrogen-bond donors (Lipinski definition) is 0. The number of carbonyl (C=O) groups excluding carboxylic acids is 1. The molecule has 1 aromatic carbocycles. The lowest BCUT2D eigenvalue weighted by molar-refractivity contribution is -0.131. The third kappa shape index (κ3) is 5.41. The van der Waals surface area contributed by atoms with E-state index in [2.05, 4.69) is 13.8 Å². The molecular formula is C20H29NO4. The monoisotopic (exact) mass is 347 g/mol. The highest BCUT2D eigenvalue weighted by atomic mass is 16.5. The average Bonchev–Trinajstić information content (AvgIpc) is 2.66. The van der Waals surface area contributed by atoms with Crippen molar-refractivity contribution in [2.75, 3.05) is 26.9 Å². The van der Waals surface area contributed by atoms with E-state index in [1.165, 1.54) is 0 Å². The van der Waals surface area contributed by atoms with E-state index < -0.39 is 0 Å². The number of ether oxygens (including phenoxy) is 3. The van der Waals surface area contributed by atoms with Crippen molar-refractivity contribution in [1.29, 1.82) is 0 Å². The normalized spacial score (nSPS) is 13.6. The van der Waals surface area contributed by atoms with Crippen LogP contribution in [0.25, 0.3) is 0 Å². The lowest BCUT2D eigenvalue weighted by atomic mass is 10.1. The van der Waals surface area contributed by atoms with Crippen LogP contribution in [-0.2, 0) is 16.1 Å². The molecule has 0 spiro atoms. The summed E-state index contributed by atoms with van der Waals surface area (Å²) in [4.78, 5) is 14.6. The van der Waals surface area contributed by atoms with Crippen molar-refractivity contribution in [2.24, 2.45) is 0 Å². The van der Waals surface area contributed by atoms with Crippen molar-refractivity contribution in [3.05, 3.63) is 35.6 Å². The molecule has 1 aliphatic heterocycles. The standard InChI is InChI=1S/C20H29NO4/c1-4-11-21(20(22)18-8-6-7-13-25-18)15-16-9-10-17(24-12-5-2)19(14-16)23-3/h8-10,14H,4-7,11-13,15H2,1-3H3. The molecule has 0 radical (unpaired) electrons. The van der Waals surface area contributed by atoms with Gasteiger partial charge in [0, 0.05) is 13.1 Å². The fraction of sp³-hybridized carbons (Fsp3) is 0.550. The van der Waals surface area contributed by atoms with Gasteiger partial charge in [-0.05, 0) is 49.5 Å². The first-order valence-corrected chi connectivity index (χ1v) is 9.11. The molecule has 0 N–H and O–H groups in total. The molecular weight excluding hydrogens is 318 g/mol. The summed E-state index contributed by atoms with van der Waals surface area (Å²) < 4.78 is 16.7. The van der Waals surface area contributed by atoms with Gasteiger partial charge >= 0.3 is 0 Å². The summed E-state index contributed by atoms with van der Waals surface area (Å²) in [6.45, 7) is 6.62. The largest absolute Gasteiger partial charge is 0.493 e. The van der Waals surface area contributed by atoms with Crippen molar-refractivity contribution in [3.8, 4) is 11.5 Å². The Morgan fingerprint density at radius 3 is 2.72 bits per heavy atom. The molecule has 2 rings (SSSR count). The van der Waals surface area contributed by atoms with Crippen LogP contribution in [0.5, 0.6) is 11.5 Å². The first-order valence-electron chi connectivity index (χ1n) is 9.11. The van der Waals surface area contributed by atoms with Gasteiger partial charge in [0.15, 0.2) is 17.3 Å². The number of nitrogens with zero attached hydrogens (tertiary/aromatic N) is 1. The van der Waals surface area contributed by atoms with Crippen LogP contribution in [0.15, 0.2) is 30.0 Å². The second-order valence-electron chi connectivity index (χ2n) is 6.12. The summed E-state index contributed by atoms with van der Waals surface area (Å²) in [5, 5.41) is 0. The Bertz CT molecular complexity index is 597. The molecule has 1 amide bonds. The van der Waals surface area contributed by atoms with Crippen LogP contribution in [0.4, 0.5) is 0 Å². The lowest BCUT2D eigenvalue weighted by Gasteiger charge is -2.25. The quantitative estimate of drug-likeness (QED) is 0.679. The molecule has 5 nitrogen and oxygen atoms in total. The molecule has 1 aliphatic rings. The van der Waals surface area contributed by atoms with Gasteiger partial charge in [0.2, 0.25) is 0 Å². The maximum atomic E-state index is 12.7. The highest BCUT2D eigenvalue weighted by Crippen LogP contribution is 2.29. The Morgan fingerprint density at radius 1 is 1.24 bits per heavy atom. The van der Waals surface area contributed by atoms with E-state index in [9.17, 15) is 4.79 Å². The molecule has 0 aromatic heterocycles. The van der Waals surface area contributed by atoms with E-state index in [0.29, 0.717) is 37.8 Å². The van der Waals surface area contributed by atoms with E-state index in [-0.39, 0.29) is 5.91 Å². The van der Waals surface area contributed by atoms with Crippen molar-refractivity contribution in [3.63, 3.8) is 0 Å². The van der Waals surface area contributed by atoms with Gasteiger partial charge in [-0.2, -0.15) is 0 Å². The van der Waals surface area contributed by atoms with Crippen LogP contribution in [0.3, 0.4) is 0 Å². The van der Waals surface area contributed by atoms with Gasteiger partial charge in [0.1, 0.15) is 0 Å². The van der Waals surface area contributed by atoms with E-state index in [0.717, 1.165) is 37.0 Å². The molecule has 25 heavy (non-hydrogen) atoms. The number of allylic oxidation sites excluding steroid dienone is 1. The van der Waals surface area contributed by atoms with Gasteiger partial charge in [-0.25, -0.2) is 0 Å². The molecule has 5 heteroatoms. The number of amides is 1. The highest BCUT2D eigenvalue weighted by Gasteiger charge is 2.21. The molecule has 0 fully saturated rings. The predicted octanol–water partition coefficient (Wildman–Crippen LogP) is 3.92. The smallest absolute Gasteiger partial charge is 0.288 e. The van der Waals surface area contributed by atoms with Crippen LogP contribution in [-0.4, -0.2) is 37.7 Å². The lowest BCUT2D eigenvalue weighted by Crippen LogP contribution is -2.33. The summed E-state index contributed by atoms with van der Waals surface area (Å²) in [5.41, 5.74) is 1.01. The second-order valence-corrected chi connectivity index (χ2v) is 6.12. The molecule has 1 aromatic rings. The fourth-order valence-electron chi connectivity index (χ4n) is 2.75. The number of rotatable bonds is 9. The van der Waals surface area contributed by atoms with Gasteiger partial charge in [0.25, 0.3) is 5.91 Å². The predicted molar refractivity (Wildman–Crippen MR) is 97.8 cm³/mol. The first kappa shape index (κ1) is 19.2. The Balaban J connectivity index is 2.12. The summed E-state index contributed by atoms with van der Waals surface area (Å²) in [5.74, 6) is 1.88. The minimum absolute atomic E-state index is 0.0353. The van der Waals surface area contributed by atoms with Crippen molar-refractivity contribution in [1.82, 2.24) is 4.90 Å². The Kier molecular flexibility index (Phi) is 7.64. The number of carbonyl (C=O) groups is 1. The number of hydrogen-bond acceptors (Lipinski definition) is 4. The summed E-state index contributed by atoms with van der Waals surface area (Å²) in [7, 11) is 1.63. The van der Waals surface area contributed by atoms with Crippen LogP contribution in [0, 0.1) is 0 Å². The third-order valence-electron chi connectivity index (χ3n) is 3.99. The topological polar surface area (TPSA) is 48.0 Å². The molecule has 0 aliphatic carbocycles. The van der Waals surface area contributed by atoms with Crippen molar-refractivity contribution < 1.29 is 19.0 Å². The second kappa shape index (κ2) is 9.97. The van der Waals surface area contributed by atoms with Gasteiger partial charge in [-0.15, -0.1) is 0 Å². The number of benzene rings is 1. The zero-order valence-corrected chi connectivity index (χ0v) is 15.5. The van der Waals surface area contributed by atoms with Gasteiger partial charge < -0.3 is 19.1 Å². The van der Waals surface area contributed by atoms with Gasteiger partial charge in [0.05, 0.1) is 20.3 Å². The third-order valence-corrected chi connectivity index (χ3v) is 3.99. The van der Waals surface area contributed by atoms with E-state index in [4.69, 9.17) is 14.2 Å². The number of methoxy groups -OCH3 is 1. The summed E-state index contributed by atoms with van der Waals surface area (Å²) in [6.07, 6.45) is 5.61. The Labute approximate surface area is 150 Å². The molecule has 0 saturated carbocycles. The highest BCUT2D eigenvalue weighted by molar-refractivity contribution is 5.91. The molecule has 1 heterocycles. The Hall–Kier alpha value is -2.17. The fourth-order valence-corrected chi connectivity index (χ4v) is 2.75. The van der Waals surface area contributed by atoms with Crippen LogP contribution in [0.2, 0.25) is 0 Å². The first-order chi connectivity index (χ1) is 12.2. The minimum atomic E-state index is -0.0353. The van der Waals surface area contributed by atoms with Crippen LogP contribution >= 0.6 is 0 Å². The molecule has 138 valence electrons. The zero-order valence-electron chi connectivity index (χ0n) is 15.5. The van der Waals surface area contributed by atoms with E-state index in [1.807, 2.05) is 29.2 Å². The van der Waals surface area contributed by atoms with E-state index in [1.54, 1.807) is 7.11 Å². The maximum Gasteiger partial charge on any atom is 0.288 e. The molecule has 0 bridgehead atoms. The zero-order chi connectivity index (χ0) is 18.1. The van der Waals surface area contributed by atoms with Crippen LogP contribution < -0.4 is 9.47 Å². The maximum absolute atomic E-state index is 12.7. The molecule has 0 saturated heterocycles. The van der Waals surface area contributed by atoms with E-state index >= 15 is 0 Å². The van der Waals surface area contributed by atoms with Crippen LogP contribution in [0.1, 0.15) is 45.1 Å². The SMILES string of the molecule is CCCOc1ccc(CN(CCC)C(=O)C2=CCCCO2)cc1OC. The average molecular weight is 347 g/mol. The molecule has 0 unspecified atom stereocenters. The summed E-state index contributed by atoms with van der Waals surface area (Å²) in [6, 6.07) is 5.84. The van der Waals surface area contributed by atoms with Crippen molar-refractivity contribution >= 4 is 5.91 Å². The summed E-state index contributed by atoms with van der Waals surface area (Å²) >= 11 is 0.